The van der Waals surface area contributed by atoms with Crippen molar-refractivity contribution >= 4 is 16.7 Å². The van der Waals surface area contributed by atoms with Gasteiger partial charge in [0.15, 0.2) is 11.5 Å². The van der Waals surface area contributed by atoms with Gasteiger partial charge in [0.25, 0.3) is 5.56 Å². The number of rotatable bonds is 6. The molecule has 11 heteroatoms. The average molecular weight is 405 g/mol. The molecule has 0 aliphatic carbocycles. The Labute approximate surface area is 164 Å². The maximum Gasteiger partial charge on any atom is 0.349 e. The zero-order valence-electron chi connectivity index (χ0n) is 16.2. The number of benzene rings is 1. The van der Waals surface area contributed by atoms with Crippen LogP contribution in [0, 0.1) is 6.92 Å². The van der Waals surface area contributed by atoms with Crippen LogP contribution in [0.3, 0.4) is 0 Å². The van der Waals surface area contributed by atoms with Crippen molar-refractivity contribution in [2.75, 3.05) is 25.6 Å². The largest absolute Gasteiger partial charge is 0.394 e. The van der Waals surface area contributed by atoms with E-state index in [4.69, 9.17) is 5.11 Å². The maximum absolute atomic E-state index is 12.3. The first-order valence-corrected chi connectivity index (χ1v) is 8.91. The fraction of sp³-hybridized carbons (Fsp3) is 0.444. The average Bonchev–Trinajstić information content (AvgIpc) is 2.66. The van der Waals surface area contributed by atoms with Crippen molar-refractivity contribution in [2.45, 2.75) is 31.8 Å². The van der Waals surface area contributed by atoms with Gasteiger partial charge in [-0.3, -0.25) is 9.78 Å². The highest BCUT2D eigenvalue weighted by Crippen LogP contribution is 2.28. The SMILES string of the molecule is Cc1cc2nc3c(=O)[nH]c(=O)nc-3n(C[C@@H](O)[C@H](O)[C@H](O)CO)c2cc1N(C)C. The third kappa shape index (κ3) is 3.85. The molecule has 156 valence electrons. The van der Waals surface area contributed by atoms with E-state index in [2.05, 4.69) is 15.0 Å². The van der Waals surface area contributed by atoms with Gasteiger partial charge in [-0.25, -0.2) is 9.78 Å². The lowest BCUT2D eigenvalue weighted by atomic mass is 10.1. The molecule has 0 fully saturated rings. The number of aromatic amines is 1. The predicted octanol–water partition coefficient (Wildman–Crippen LogP) is -1.97. The van der Waals surface area contributed by atoms with E-state index in [1.54, 1.807) is 12.1 Å². The number of hydrogen-bond acceptors (Lipinski definition) is 9. The number of H-pyrrole nitrogens is 1. The summed E-state index contributed by atoms with van der Waals surface area (Å²) in [5.74, 6) is -0.0652. The van der Waals surface area contributed by atoms with E-state index in [1.807, 2.05) is 25.9 Å². The molecule has 0 radical (unpaired) electrons. The molecule has 0 saturated heterocycles. The quantitative estimate of drug-likeness (QED) is 0.293. The number of aromatic nitrogens is 4. The highest BCUT2D eigenvalue weighted by Gasteiger charge is 2.27. The van der Waals surface area contributed by atoms with E-state index >= 15 is 0 Å². The molecule has 1 aromatic carbocycles. The van der Waals surface area contributed by atoms with Crippen LogP contribution < -0.4 is 16.1 Å². The summed E-state index contributed by atoms with van der Waals surface area (Å²) in [7, 11) is 3.70. The Morgan fingerprint density at radius 3 is 2.45 bits per heavy atom. The molecule has 3 atom stereocenters. The van der Waals surface area contributed by atoms with Gasteiger partial charge < -0.3 is 29.9 Å². The van der Waals surface area contributed by atoms with Gasteiger partial charge in [0.05, 0.1) is 24.2 Å². The number of aryl methyl sites for hydroxylation is 1. The van der Waals surface area contributed by atoms with Crippen LogP contribution in [-0.4, -0.2) is 79.0 Å². The van der Waals surface area contributed by atoms with Crippen molar-refractivity contribution in [3.8, 4) is 11.5 Å². The van der Waals surface area contributed by atoms with Gasteiger partial charge in [0.2, 0.25) is 0 Å². The topological polar surface area (TPSA) is 165 Å². The summed E-state index contributed by atoms with van der Waals surface area (Å²) in [6.07, 6.45) is -4.73. The Hall–Kier alpha value is -2.86. The van der Waals surface area contributed by atoms with Gasteiger partial charge in [-0.15, -0.1) is 0 Å². The summed E-state index contributed by atoms with van der Waals surface area (Å²) < 4.78 is 1.40. The number of hydrogen-bond donors (Lipinski definition) is 5. The number of anilines is 1. The normalized spacial score (nSPS) is 14.9. The highest BCUT2D eigenvalue weighted by molar-refractivity contribution is 5.84. The molecule has 0 aromatic heterocycles. The van der Waals surface area contributed by atoms with Gasteiger partial charge in [-0.2, -0.15) is 4.98 Å². The molecule has 2 aliphatic rings. The molecule has 29 heavy (non-hydrogen) atoms. The van der Waals surface area contributed by atoms with Crippen LogP contribution in [0.5, 0.6) is 0 Å². The Morgan fingerprint density at radius 1 is 1.14 bits per heavy atom. The summed E-state index contributed by atoms with van der Waals surface area (Å²) in [5.41, 5.74) is 0.925. The lowest BCUT2D eigenvalue weighted by Crippen LogP contribution is -2.42. The zero-order chi connectivity index (χ0) is 21.5. The Balaban J connectivity index is 2.31. The minimum atomic E-state index is -1.65. The predicted molar refractivity (Wildman–Crippen MR) is 105 cm³/mol. The number of aliphatic hydroxyl groups excluding tert-OH is 4. The molecule has 0 bridgehead atoms. The van der Waals surface area contributed by atoms with E-state index < -0.39 is 36.2 Å². The van der Waals surface area contributed by atoms with Crippen molar-refractivity contribution in [1.82, 2.24) is 19.5 Å². The van der Waals surface area contributed by atoms with Gasteiger partial charge in [-0.1, -0.05) is 0 Å². The third-order valence-corrected chi connectivity index (χ3v) is 4.75. The monoisotopic (exact) mass is 405 g/mol. The van der Waals surface area contributed by atoms with Gasteiger partial charge in [0.1, 0.15) is 18.3 Å². The summed E-state index contributed by atoms with van der Waals surface area (Å²) in [4.78, 5) is 36.1. The smallest absolute Gasteiger partial charge is 0.349 e. The molecule has 3 rings (SSSR count). The van der Waals surface area contributed by atoms with Crippen LogP contribution in [0.4, 0.5) is 5.69 Å². The van der Waals surface area contributed by atoms with Crippen LogP contribution in [0.2, 0.25) is 0 Å². The zero-order valence-corrected chi connectivity index (χ0v) is 16.2. The van der Waals surface area contributed by atoms with E-state index in [0.29, 0.717) is 11.0 Å². The molecule has 5 N–H and O–H groups in total. The first-order valence-electron chi connectivity index (χ1n) is 8.91. The molecule has 2 heterocycles. The maximum atomic E-state index is 12.3. The van der Waals surface area contributed by atoms with Crippen molar-refractivity contribution in [3.05, 3.63) is 38.5 Å². The van der Waals surface area contributed by atoms with E-state index in [9.17, 15) is 24.9 Å². The second-order valence-electron chi connectivity index (χ2n) is 7.10. The summed E-state index contributed by atoms with van der Waals surface area (Å²) in [6, 6.07) is 3.53. The highest BCUT2D eigenvalue weighted by atomic mass is 16.4. The second kappa shape index (κ2) is 7.87. The molecule has 0 saturated carbocycles. The lowest BCUT2D eigenvalue weighted by molar-refractivity contribution is -0.0802. The Bertz CT molecular complexity index is 1120. The fourth-order valence-corrected chi connectivity index (χ4v) is 3.26. The van der Waals surface area contributed by atoms with Crippen molar-refractivity contribution in [2.24, 2.45) is 0 Å². The molecule has 1 aromatic rings. The molecule has 0 amide bonds. The van der Waals surface area contributed by atoms with Crippen LogP contribution in [0.1, 0.15) is 5.56 Å². The molecule has 2 aliphatic heterocycles. The number of nitrogens with one attached hydrogen (secondary N) is 1. The summed E-state index contributed by atoms with van der Waals surface area (Å²) in [5, 5.41) is 39.1. The van der Waals surface area contributed by atoms with Crippen molar-refractivity contribution in [3.63, 3.8) is 0 Å². The summed E-state index contributed by atoms with van der Waals surface area (Å²) >= 11 is 0. The van der Waals surface area contributed by atoms with Gasteiger partial charge >= 0.3 is 5.69 Å². The van der Waals surface area contributed by atoms with E-state index in [-0.39, 0.29) is 18.1 Å². The van der Waals surface area contributed by atoms with Gasteiger partial charge in [-0.05, 0) is 24.6 Å². The summed E-state index contributed by atoms with van der Waals surface area (Å²) in [6.45, 7) is 0.831. The Kier molecular flexibility index (Phi) is 5.66. The Morgan fingerprint density at radius 2 is 1.83 bits per heavy atom. The molecule has 0 unspecified atom stereocenters. The molecular weight excluding hydrogens is 382 g/mol. The molecule has 0 spiro atoms. The van der Waals surface area contributed by atoms with Gasteiger partial charge in [0, 0.05) is 19.8 Å². The standard InChI is InChI=1S/C18H23N5O6/c1-8-4-9-11(5-10(8)22(2)3)23(6-12(25)15(27)13(26)7-24)16-14(19-9)17(28)21-18(29)20-16/h4-5,12-13,15,24-27H,6-7H2,1-3H3,(H,21,28,29)/t12-,13-,15+/m1/s1. The van der Waals surface area contributed by atoms with E-state index in [1.165, 1.54) is 4.57 Å². The second-order valence-corrected chi connectivity index (χ2v) is 7.10. The lowest BCUT2D eigenvalue weighted by Gasteiger charge is -2.25. The third-order valence-electron chi connectivity index (χ3n) is 4.75. The van der Waals surface area contributed by atoms with Crippen molar-refractivity contribution < 1.29 is 20.4 Å². The minimum Gasteiger partial charge on any atom is -0.394 e. The first kappa shape index (κ1) is 20.9. The van der Waals surface area contributed by atoms with Crippen LogP contribution in [0.25, 0.3) is 22.6 Å². The molecular formula is C18H23N5O6. The van der Waals surface area contributed by atoms with Crippen LogP contribution in [0.15, 0.2) is 21.7 Å². The fourth-order valence-electron chi connectivity index (χ4n) is 3.26. The first-order chi connectivity index (χ1) is 13.6. The number of aliphatic hydroxyl groups is 4. The molecule has 11 nitrogen and oxygen atoms in total. The number of fused-ring (bicyclic) bond motifs is 2. The van der Waals surface area contributed by atoms with E-state index in [0.717, 1.165) is 11.3 Å². The van der Waals surface area contributed by atoms with Crippen LogP contribution >= 0.6 is 0 Å². The van der Waals surface area contributed by atoms with Crippen molar-refractivity contribution in [1.29, 1.82) is 0 Å². The van der Waals surface area contributed by atoms with Crippen LogP contribution in [-0.2, 0) is 6.54 Å². The number of nitrogens with zero attached hydrogens (tertiary/aromatic N) is 4. The minimum absolute atomic E-state index is 0.0652.